The number of alkyl carbamates (subject to hydrolysis) is 1. The van der Waals surface area contributed by atoms with Crippen molar-refractivity contribution in [2.24, 2.45) is 13.0 Å². The molecule has 2 saturated carbocycles. The summed E-state index contributed by atoms with van der Waals surface area (Å²) in [5, 5.41) is 11.4. The van der Waals surface area contributed by atoms with Crippen molar-refractivity contribution in [3.63, 3.8) is 0 Å². The first-order chi connectivity index (χ1) is 17.7. The molecule has 10 nitrogen and oxygen atoms in total. The molecule has 0 saturated heterocycles. The summed E-state index contributed by atoms with van der Waals surface area (Å²) in [6.07, 6.45) is 6.61. The van der Waals surface area contributed by atoms with Crippen LogP contribution in [-0.2, 0) is 27.9 Å². The molecule has 0 bridgehead atoms. The monoisotopic (exact) mass is 513 g/mol. The second-order valence-corrected chi connectivity index (χ2v) is 10.7. The number of aryl methyl sites for hydroxylation is 2. The van der Waals surface area contributed by atoms with Gasteiger partial charge in [0, 0.05) is 19.0 Å². The minimum Gasteiger partial charge on any atom is -0.489 e. The Balaban J connectivity index is 1.34. The lowest BCUT2D eigenvalue weighted by Crippen LogP contribution is -2.37. The van der Waals surface area contributed by atoms with Crippen LogP contribution in [0.4, 0.5) is 4.79 Å². The van der Waals surface area contributed by atoms with E-state index in [-0.39, 0.29) is 36.2 Å². The second kappa shape index (κ2) is 11.5. The van der Waals surface area contributed by atoms with Crippen molar-refractivity contribution in [2.75, 3.05) is 0 Å². The molecule has 0 aliphatic heterocycles. The number of hydrogen-bond acceptors (Lipinski definition) is 8. The van der Waals surface area contributed by atoms with Crippen molar-refractivity contribution in [2.45, 2.75) is 103 Å². The molecule has 2 aromatic heterocycles. The number of hydrogen-bond donors (Lipinski definition) is 1. The Morgan fingerprint density at radius 1 is 1.24 bits per heavy atom. The fourth-order valence-electron chi connectivity index (χ4n) is 5.04. The van der Waals surface area contributed by atoms with Gasteiger partial charge in [-0.3, -0.25) is 4.79 Å². The van der Waals surface area contributed by atoms with E-state index in [4.69, 9.17) is 19.2 Å². The predicted octanol–water partition coefficient (Wildman–Crippen LogP) is 4.63. The number of ether oxygens (including phenoxy) is 3. The fourth-order valence-corrected chi connectivity index (χ4v) is 5.04. The van der Waals surface area contributed by atoms with Crippen LogP contribution in [0, 0.1) is 12.8 Å². The van der Waals surface area contributed by atoms with Crippen molar-refractivity contribution < 1.29 is 23.8 Å². The Bertz CT molecular complexity index is 1110. The van der Waals surface area contributed by atoms with Crippen molar-refractivity contribution in [3.8, 4) is 17.1 Å². The number of pyridine rings is 1. The number of aromatic nitrogens is 4. The van der Waals surface area contributed by atoms with E-state index in [0.29, 0.717) is 29.3 Å². The van der Waals surface area contributed by atoms with E-state index < -0.39 is 6.09 Å². The summed E-state index contributed by atoms with van der Waals surface area (Å²) in [5.41, 5.74) is 2.53. The lowest BCUT2D eigenvalue weighted by molar-refractivity contribution is -0.148. The summed E-state index contributed by atoms with van der Waals surface area (Å²) < 4.78 is 18.6. The molecule has 1 amide bonds. The predicted molar refractivity (Wildman–Crippen MR) is 137 cm³/mol. The van der Waals surface area contributed by atoms with Gasteiger partial charge in [-0.05, 0) is 77.3 Å². The summed E-state index contributed by atoms with van der Waals surface area (Å²) in [5.74, 6) is 0.850. The van der Waals surface area contributed by atoms with E-state index in [9.17, 15) is 9.59 Å². The van der Waals surface area contributed by atoms with Gasteiger partial charge in [-0.1, -0.05) is 18.6 Å². The summed E-state index contributed by atoms with van der Waals surface area (Å²) in [6.45, 7) is 7.79. The van der Waals surface area contributed by atoms with Crippen LogP contribution in [0.1, 0.15) is 83.5 Å². The Hall–Kier alpha value is -3.17. The van der Waals surface area contributed by atoms with Crippen molar-refractivity contribution >= 4 is 12.1 Å². The summed E-state index contributed by atoms with van der Waals surface area (Å²) in [7, 11) is 1.77. The minimum absolute atomic E-state index is 0.0460. The SMILES string of the molecule is CCCC1(NC(=O)OCc2c(-c3ccc(OC4CC[C@H](CC(=O)OC(C)C)C4)c(C)n3)nnn2C)CC1. The lowest BCUT2D eigenvalue weighted by Gasteiger charge is -2.17. The third-order valence-electron chi connectivity index (χ3n) is 7.12. The Morgan fingerprint density at radius 3 is 2.70 bits per heavy atom. The molecule has 1 unspecified atom stereocenters. The molecule has 2 aliphatic rings. The maximum absolute atomic E-state index is 12.4. The minimum atomic E-state index is -0.418. The first-order valence-electron chi connectivity index (χ1n) is 13.4. The summed E-state index contributed by atoms with van der Waals surface area (Å²) in [6, 6.07) is 3.74. The van der Waals surface area contributed by atoms with Crippen molar-refractivity contribution in [1.29, 1.82) is 0 Å². The quantitative estimate of drug-likeness (QED) is 0.432. The average Bonchev–Trinajstić information content (AvgIpc) is 3.26. The lowest BCUT2D eigenvalue weighted by atomic mass is 10.0. The zero-order valence-electron chi connectivity index (χ0n) is 22.6. The largest absolute Gasteiger partial charge is 0.489 e. The number of rotatable bonds is 11. The van der Waals surface area contributed by atoms with Crippen LogP contribution in [0.2, 0.25) is 0 Å². The summed E-state index contributed by atoms with van der Waals surface area (Å²) in [4.78, 5) is 29.1. The first-order valence-corrected chi connectivity index (χ1v) is 13.4. The molecule has 10 heteroatoms. The van der Waals surface area contributed by atoms with E-state index >= 15 is 0 Å². The van der Waals surface area contributed by atoms with Gasteiger partial charge < -0.3 is 19.5 Å². The average molecular weight is 514 g/mol. The van der Waals surface area contributed by atoms with E-state index in [1.54, 1.807) is 11.7 Å². The van der Waals surface area contributed by atoms with E-state index in [1.165, 1.54) is 0 Å². The van der Waals surface area contributed by atoms with Gasteiger partial charge in [-0.25, -0.2) is 14.5 Å². The molecule has 0 aromatic carbocycles. The van der Waals surface area contributed by atoms with E-state index in [2.05, 4.69) is 22.6 Å². The van der Waals surface area contributed by atoms with Gasteiger partial charge >= 0.3 is 12.1 Å². The highest BCUT2D eigenvalue weighted by molar-refractivity contribution is 5.70. The van der Waals surface area contributed by atoms with Gasteiger partial charge in [-0.15, -0.1) is 5.10 Å². The second-order valence-electron chi connectivity index (χ2n) is 10.7. The van der Waals surface area contributed by atoms with Crippen molar-refractivity contribution in [1.82, 2.24) is 25.3 Å². The smallest absolute Gasteiger partial charge is 0.407 e. The molecule has 202 valence electrons. The molecule has 2 atom stereocenters. The molecule has 0 spiro atoms. The van der Waals surface area contributed by atoms with E-state index in [0.717, 1.165) is 50.6 Å². The van der Waals surface area contributed by atoms with Gasteiger partial charge in [0.05, 0.1) is 23.6 Å². The van der Waals surface area contributed by atoms with Crippen LogP contribution in [0.3, 0.4) is 0 Å². The third kappa shape index (κ3) is 6.99. The Labute approximate surface area is 218 Å². The highest BCUT2D eigenvalue weighted by Crippen LogP contribution is 2.39. The maximum atomic E-state index is 12.4. The molecular formula is C27H39N5O5. The van der Waals surface area contributed by atoms with Gasteiger partial charge in [-0.2, -0.15) is 0 Å². The number of amides is 1. The highest BCUT2D eigenvalue weighted by Gasteiger charge is 2.43. The maximum Gasteiger partial charge on any atom is 0.407 e. The number of nitrogens with one attached hydrogen (secondary N) is 1. The van der Waals surface area contributed by atoms with E-state index in [1.807, 2.05) is 32.9 Å². The van der Waals surface area contributed by atoms with Gasteiger partial charge in [0.1, 0.15) is 23.7 Å². The molecule has 2 fully saturated rings. The van der Waals surface area contributed by atoms with Gasteiger partial charge in [0.2, 0.25) is 0 Å². The Morgan fingerprint density at radius 2 is 2.03 bits per heavy atom. The van der Waals surface area contributed by atoms with Crippen molar-refractivity contribution in [3.05, 3.63) is 23.5 Å². The third-order valence-corrected chi connectivity index (χ3v) is 7.12. The number of esters is 1. The summed E-state index contributed by atoms with van der Waals surface area (Å²) >= 11 is 0. The normalized spacial score (nSPS) is 20.1. The fraction of sp³-hybridized carbons (Fsp3) is 0.667. The Kier molecular flexibility index (Phi) is 8.34. The molecule has 4 rings (SSSR count). The van der Waals surface area contributed by atoms with Crippen LogP contribution in [0.5, 0.6) is 5.75 Å². The zero-order valence-corrected chi connectivity index (χ0v) is 22.6. The topological polar surface area (TPSA) is 117 Å². The van der Waals surface area contributed by atoms with Gasteiger partial charge in [0.25, 0.3) is 0 Å². The molecule has 2 aliphatic carbocycles. The standard InChI is InChI=1S/C27H39N5O5/c1-6-11-27(12-13-27)29-26(34)35-16-22-25(30-31-32(22)5)21-9-10-23(18(4)28-21)37-20-8-7-19(14-20)15-24(33)36-17(2)3/h9-10,17,19-20H,6-8,11-16H2,1-5H3,(H,29,34)/t19-,20?/m0/s1. The first kappa shape index (κ1) is 26.9. The molecule has 1 N–H and O–H groups in total. The molecule has 2 heterocycles. The van der Waals surface area contributed by atoms with Gasteiger partial charge in [0.15, 0.2) is 0 Å². The van der Waals surface area contributed by atoms with Crippen LogP contribution in [-0.4, -0.2) is 49.8 Å². The number of carbonyl (C=O) groups excluding carboxylic acids is 2. The molecular weight excluding hydrogens is 474 g/mol. The number of carbonyl (C=O) groups is 2. The highest BCUT2D eigenvalue weighted by atomic mass is 16.6. The van der Waals surface area contributed by atoms with Crippen LogP contribution in [0.25, 0.3) is 11.4 Å². The molecule has 0 radical (unpaired) electrons. The van der Waals surface area contributed by atoms with Crippen LogP contribution in [0.15, 0.2) is 12.1 Å². The molecule has 37 heavy (non-hydrogen) atoms. The zero-order chi connectivity index (χ0) is 26.6. The molecule has 2 aromatic rings. The number of nitrogens with zero attached hydrogens (tertiary/aromatic N) is 4. The van der Waals surface area contributed by atoms with Crippen LogP contribution >= 0.6 is 0 Å². The van der Waals surface area contributed by atoms with Crippen LogP contribution < -0.4 is 10.1 Å².